The normalized spacial score (nSPS) is 14.0. The maximum absolute atomic E-state index is 4.77. The lowest BCUT2D eigenvalue weighted by Crippen LogP contribution is -2.13. The van der Waals surface area contributed by atoms with E-state index >= 15 is 0 Å². The van der Waals surface area contributed by atoms with Crippen molar-refractivity contribution in [2.24, 2.45) is 11.3 Å². The van der Waals surface area contributed by atoms with Gasteiger partial charge in [0.25, 0.3) is 0 Å². The zero-order valence-electron chi connectivity index (χ0n) is 13.1. The average Bonchev–Trinajstić information content (AvgIpc) is 2.56. The van der Waals surface area contributed by atoms with E-state index in [0.29, 0.717) is 11.3 Å². The minimum Gasteiger partial charge on any atom is -0.342 e. The summed E-state index contributed by atoms with van der Waals surface area (Å²) < 4.78 is 0. The lowest BCUT2D eigenvalue weighted by Gasteiger charge is -2.22. The van der Waals surface area contributed by atoms with Crippen molar-refractivity contribution < 1.29 is 0 Å². The Labute approximate surface area is 116 Å². The summed E-state index contributed by atoms with van der Waals surface area (Å²) in [7, 11) is 0. The van der Waals surface area contributed by atoms with Crippen LogP contribution >= 0.6 is 0 Å². The fourth-order valence-corrected chi connectivity index (χ4v) is 3.07. The molecule has 0 saturated carbocycles. The largest absolute Gasteiger partial charge is 0.342 e. The number of aromatic nitrogens is 2. The summed E-state index contributed by atoms with van der Waals surface area (Å²) in [5.41, 5.74) is 5.25. The molecule has 2 heteroatoms. The second kappa shape index (κ2) is 4.99. The molecular formula is C17H26N2. The van der Waals surface area contributed by atoms with E-state index in [-0.39, 0.29) is 0 Å². The molecule has 104 valence electrons. The number of hydrogen-bond acceptors (Lipinski definition) is 1. The molecular weight excluding hydrogens is 232 g/mol. The molecule has 0 aliphatic rings. The Morgan fingerprint density at radius 1 is 1.21 bits per heavy atom. The van der Waals surface area contributed by atoms with E-state index in [9.17, 15) is 0 Å². The van der Waals surface area contributed by atoms with E-state index in [4.69, 9.17) is 4.98 Å². The highest BCUT2D eigenvalue weighted by Gasteiger charge is 2.17. The highest BCUT2D eigenvalue weighted by Crippen LogP contribution is 2.26. The van der Waals surface area contributed by atoms with E-state index in [1.165, 1.54) is 23.1 Å². The molecule has 0 bridgehead atoms. The first-order chi connectivity index (χ1) is 8.74. The van der Waals surface area contributed by atoms with Gasteiger partial charge in [0.2, 0.25) is 0 Å². The zero-order chi connectivity index (χ0) is 14.2. The number of fused-ring (bicyclic) bond motifs is 1. The van der Waals surface area contributed by atoms with Crippen molar-refractivity contribution in [1.29, 1.82) is 0 Å². The number of H-pyrrole nitrogens is 1. The second-order valence-electron chi connectivity index (χ2n) is 7.24. The van der Waals surface area contributed by atoms with Gasteiger partial charge in [-0.15, -0.1) is 0 Å². The zero-order valence-corrected chi connectivity index (χ0v) is 13.1. The number of rotatable bonds is 3. The minimum atomic E-state index is 0.387. The summed E-state index contributed by atoms with van der Waals surface area (Å²) in [6.07, 6.45) is 2.26. The van der Waals surface area contributed by atoms with Crippen LogP contribution in [0.1, 0.15) is 51.1 Å². The third-order valence-electron chi connectivity index (χ3n) is 3.47. The predicted octanol–water partition coefficient (Wildman–Crippen LogP) is 4.79. The van der Waals surface area contributed by atoms with Gasteiger partial charge in [0.1, 0.15) is 5.82 Å². The molecule has 0 fully saturated rings. The van der Waals surface area contributed by atoms with Gasteiger partial charge in [-0.3, -0.25) is 0 Å². The van der Waals surface area contributed by atoms with E-state index < -0.39 is 0 Å². The number of imidazole rings is 1. The summed E-state index contributed by atoms with van der Waals surface area (Å²) in [5.74, 6) is 1.78. The highest BCUT2D eigenvalue weighted by atomic mass is 14.9. The third kappa shape index (κ3) is 3.59. The number of nitrogens with one attached hydrogen (secondary N) is 1. The molecule has 2 aromatic rings. The van der Waals surface area contributed by atoms with Crippen LogP contribution in [0.4, 0.5) is 0 Å². The van der Waals surface area contributed by atoms with Crippen molar-refractivity contribution in [1.82, 2.24) is 9.97 Å². The molecule has 0 radical (unpaired) electrons. The van der Waals surface area contributed by atoms with Crippen LogP contribution in [0.5, 0.6) is 0 Å². The fourth-order valence-electron chi connectivity index (χ4n) is 3.07. The molecule has 2 rings (SSSR count). The molecule has 0 spiro atoms. The molecule has 19 heavy (non-hydrogen) atoms. The Kier molecular flexibility index (Phi) is 3.71. The van der Waals surface area contributed by atoms with Gasteiger partial charge in [-0.25, -0.2) is 4.98 Å². The molecule has 0 aliphatic heterocycles. The molecule has 0 saturated heterocycles. The first-order valence-electron chi connectivity index (χ1n) is 7.20. The maximum atomic E-state index is 4.77. The van der Waals surface area contributed by atoms with Gasteiger partial charge in [-0.2, -0.15) is 0 Å². The molecule has 1 atom stereocenters. The molecule has 1 unspecified atom stereocenters. The van der Waals surface area contributed by atoms with E-state index in [1.807, 2.05) is 0 Å². The van der Waals surface area contributed by atoms with Crippen molar-refractivity contribution in [2.45, 2.75) is 54.4 Å². The van der Waals surface area contributed by atoms with E-state index in [2.05, 4.69) is 58.7 Å². The first kappa shape index (κ1) is 14.1. The summed E-state index contributed by atoms with van der Waals surface area (Å²) >= 11 is 0. The lowest BCUT2D eigenvalue weighted by atomic mass is 9.84. The van der Waals surface area contributed by atoms with Crippen LogP contribution in [-0.2, 0) is 6.42 Å². The van der Waals surface area contributed by atoms with E-state index in [1.54, 1.807) is 0 Å². The Hall–Kier alpha value is -1.31. The van der Waals surface area contributed by atoms with Crippen LogP contribution in [0, 0.1) is 25.2 Å². The summed E-state index contributed by atoms with van der Waals surface area (Å²) in [6, 6.07) is 4.39. The smallest absolute Gasteiger partial charge is 0.107 e. The Bertz CT molecular complexity index is 573. The topological polar surface area (TPSA) is 28.7 Å². The quantitative estimate of drug-likeness (QED) is 0.842. The number of hydrogen-bond donors (Lipinski definition) is 1. The summed E-state index contributed by atoms with van der Waals surface area (Å²) in [5, 5.41) is 0. The van der Waals surface area contributed by atoms with Crippen molar-refractivity contribution in [3.05, 3.63) is 29.1 Å². The van der Waals surface area contributed by atoms with Crippen molar-refractivity contribution in [3.8, 4) is 0 Å². The van der Waals surface area contributed by atoms with E-state index in [0.717, 1.165) is 17.8 Å². The average molecular weight is 258 g/mol. The van der Waals surface area contributed by atoms with Crippen molar-refractivity contribution in [2.75, 3.05) is 0 Å². The molecule has 0 aliphatic carbocycles. The molecule has 1 aromatic heterocycles. The van der Waals surface area contributed by atoms with Gasteiger partial charge in [-0.05, 0) is 48.8 Å². The Balaban J connectivity index is 2.20. The monoisotopic (exact) mass is 258 g/mol. The van der Waals surface area contributed by atoms with Crippen LogP contribution in [0.15, 0.2) is 12.1 Å². The Morgan fingerprint density at radius 3 is 2.53 bits per heavy atom. The summed E-state index contributed by atoms with van der Waals surface area (Å²) in [4.78, 5) is 8.25. The van der Waals surface area contributed by atoms with Crippen molar-refractivity contribution in [3.63, 3.8) is 0 Å². The minimum absolute atomic E-state index is 0.387. The van der Waals surface area contributed by atoms with Gasteiger partial charge in [0.05, 0.1) is 11.0 Å². The first-order valence-corrected chi connectivity index (χ1v) is 7.20. The molecule has 0 amide bonds. The van der Waals surface area contributed by atoms with Gasteiger partial charge < -0.3 is 4.98 Å². The number of benzene rings is 1. The van der Waals surface area contributed by atoms with Crippen LogP contribution < -0.4 is 0 Å². The van der Waals surface area contributed by atoms with Gasteiger partial charge in [0, 0.05) is 6.42 Å². The Morgan fingerprint density at radius 2 is 1.89 bits per heavy atom. The number of aromatic amines is 1. The second-order valence-corrected chi connectivity index (χ2v) is 7.24. The third-order valence-corrected chi connectivity index (χ3v) is 3.47. The fraction of sp³-hybridized carbons (Fsp3) is 0.588. The molecule has 2 nitrogen and oxygen atoms in total. The van der Waals surface area contributed by atoms with Gasteiger partial charge >= 0.3 is 0 Å². The molecule has 1 heterocycles. The standard InChI is InChI=1S/C17H26N2/c1-11-7-13(3)16-14(8-11)18-15(19-16)9-12(2)10-17(4,5)6/h7-8,12H,9-10H2,1-6H3,(H,18,19). The lowest BCUT2D eigenvalue weighted by molar-refractivity contribution is 0.304. The predicted molar refractivity (Wildman–Crippen MR) is 82.5 cm³/mol. The highest BCUT2D eigenvalue weighted by molar-refractivity contribution is 5.79. The van der Waals surface area contributed by atoms with Gasteiger partial charge in [-0.1, -0.05) is 33.8 Å². The van der Waals surface area contributed by atoms with Gasteiger partial charge in [0.15, 0.2) is 0 Å². The maximum Gasteiger partial charge on any atom is 0.107 e. The van der Waals surface area contributed by atoms with Crippen molar-refractivity contribution >= 4 is 11.0 Å². The molecule has 1 aromatic carbocycles. The van der Waals surface area contributed by atoms with Crippen LogP contribution in [-0.4, -0.2) is 9.97 Å². The number of nitrogens with zero attached hydrogens (tertiary/aromatic N) is 1. The van der Waals surface area contributed by atoms with Crippen LogP contribution in [0.2, 0.25) is 0 Å². The van der Waals surface area contributed by atoms with Crippen LogP contribution in [0.25, 0.3) is 11.0 Å². The molecule has 1 N–H and O–H groups in total. The SMILES string of the molecule is Cc1cc(C)c2nc(CC(C)CC(C)(C)C)[nH]c2c1. The van der Waals surface area contributed by atoms with Crippen LogP contribution in [0.3, 0.4) is 0 Å². The number of aryl methyl sites for hydroxylation is 2. The summed E-state index contributed by atoms with van der Waals surface area (Å²) in [6.45, 7) is 13.5.